The zero-order chi connectivity index (χ0) is 16.5. The highest BCUT2D eigenvalue weighted by Crippen LogP contribution is 2.31. The van der Waals surface area contributed by atoms with Crippen LogP contribution >= 0.6 is 0 Å². The zero-order valence-electron chi connectivity index (χ0n) is 13.4. The number of anilines is 1. The summed E-state index contributed by atoms with van der Waals surface area (Å²) in [5.74, 6) is -0.523. The van der Waals surface area contributed by atoms with Crippen LogP contribution in [0.4, 0.5) is 10.5 Å². The van der Waals surface area contributed by atoms with Crippen molar-refractivity contribution in [1.82, 2.24) is 4.57 Å². The number of ether oxygens (including phenoxy) is 2. The number of nitrogens with zero attached hydrogens (tertiary/aromatic N) is 1. The molecule has 0 spiro atoms. The van der Waals surface area contributed by atoms with Crippen molar-refractivity contribution in [2.75, 3.05) is 12.4 Å². The first-order valence-electron chi connectivity index (χ1n) is 6.90. The van der Waals surface area contributed by atoms with Crippen molar-refractivity contribution >= 4 is 28.7 Å². The lowest BCUT2D eigenvalue weighted by molar-refractivity contribution is 0.0591. The molecule has 0 unspecified atom stereocenters. The number of rotatable bonds is 2. The number of hydrogen-bond acceptors (Lipinski definition) is 4. The fourth-order valence-corrected chi connectivity index (χ4v) is 2.26. The second-order valence-electron chi connectivity index (χ2n) is 5.92. The van der Waals surface area contributed by atoms with E-state index in [1.54, 1.807) is 32.4 Å². The molecule has 0 saturated heterocycles. The normalized spacial score (nSPS) is 11.3. The molecule has 1 heterocycles. The molecule has 0 atom stereocenters. The van der Waals surface area contributed by atoms with Crippen molar-refractivity contribution in [1.29, 1.82) is 0 Å². The third kappa shape index (κ3) is 3.05. The Labute approximate surface area is 129 Å². The summed E-state index contributed by atoms with van der Waals surface area (Å²) in [7, 11) is 3.05. The van der Waals surface area contributed by atoms with Gasteiger partial charge in [-0.15, -0.1) is 0 Å². The number of carbonyl (C=O) groups excluding carboxylic acids is 2. The maximum Gasteiger partial charge on any atom is 0.412 e. The second-order valence-corrected chi connectivity index (χ2v) is 5.92. The minimum absolute atomic E-state index is 0.273. The molecule has 6 heteroatoms. The van der Waals surface area contributed by atoms with Gasteiger partial charge in [0.1, 0.15) is 5.60 Å². The molecule has 1 N–H and O–H groups in total. The molecule has 1 amide bonds. The van der Waals surface area contributed by atoms with E-state index in [1.807, 2.05) is 24.3 Å². The van der Waals surface area contributed by atoms with Crippen molar-refractivity contribution in [3.05, 3.63) is 30.0 Å². The number of carbonyl (C=O) groups is 2. The predicted octanol–water partition coefficient (Wildman–Crippen LogP) is 3.31. The molecule has 0 saturated carbocycles. The lowest BCUT2D eigenvalue weighted by Crippen LogP contribution is -2.27. The van der Waals surface area contributed by atoms with Crippen LogP contribution in [0.25, 0.3) is 10.9 Å². The number of methoxy groups -OCH3 is 1. The fourth-order valence-electron chi connectivity index (χ4n) is 2.26. The van der Waals surface area contributed by atoms with Gasteiger partial charge in [0.2, 0.25) is 0 Å². The Morgan fingerprint density at radius 2 is 1.82 bits per heavy atom. The van der Waals surface area contributed by atoms with Gasteiger partial charge < -0.3 is 14.0 Å². The summed E-state index contributed by atoms with van der Waals surface area (Å²) in [6.07, 6.45) is -0.617. The van der Waals surface area contributed by atoms with Gasteiger partial charge in [-0.25, -0.2) is 9.59 Å². The Hall–Kier alpha value is -2.50. The minimum Gasteiger partial charge on any atom is -0.464 e. The third-order valence-corrected chi connectivity index (χ3v) is 3.11. The van der Waals surface area contributed by atoms with Crippen LogP contribution in [-0.2, 0) is 16.5 Å². The van der Waals surface area contributed by atoms with Crippen LogP contribution in [0, 0.1) is 0 Å². The summed E-state index contributed by atoms with van der Waals surface area (Å²) < 4.78 is 11.8. The zero-order valence-corrected chi connectivity index (χ0v) is 13.4. The average molecular weight is 304 g/mol. The van der Waals surface area contributed by atoms with E-state index in [4.69, 9.17) is 9.47 Å². The van der Waals surface area contributed by atoms with Crippen molar-refractivity contribution in [3.8, 4) is 0 Å². The van der Waals surface area contributed by atoms with Gasteiger partial charge in [-0.2, -0.15) is 0 Å². The van der Waals surface area contributed by atoms with Gasteiger partial charge in [0.05, 0.1) is 18.3 Å². The van der Waals surface area contributed by atoms with Crippen molar-refractivity contribution in [3.63, 3.8) is 0 Å². The van der Waals surface area contributed by atoms with Crippen LogP contribution in [-0.4, -0.2) is 29.3 Å². The first-order valence-corrected chi connectivity index (χ1v) is 6.90. The number of fused-ring (bicyclic) bond motifs is 1. The summed E-state index contributed by atoms with van der Waals surface area (Å²) in [6.45, 7) is 5.32. The Bertz CT molecular complexity index is 726. The van der Waals surface area contributed by atoms with E-state index in [2.05, 4.69) is 5.32 Å². The number of para-hydroxylation sites is 1. The molecule has 0 aliphatic heterocycles. The topological polar surface area (TPSA) is 69.6 Å². The van der Waals surface area contributed by atoms with Crippen molar-refractivity contribution in [2.45, 2.75) is 26.4 Å². The highest BCUT2D eigenvalue weighted by atomic mass is 16.6. The summed E-state index contributed by atoms with van der Waals surface area (Å²) in [6, 6.07) is 7.39. The van der Waals surface area contributed by atoms with Gasteiger partial charge in [0.25, 0.3) is 0 Å². The molecular weight excluding hydrogens is 284 g/mol. The van der Waals surface area contributed by atoms with Crippen LogP contribution in [0.15, 0.2) is 24.3 Å². The molecule has 118 valence electrons. The van der Waals surface area contributed by atoms with Crippen LogP contribution in [0.2, 0.25) is 0 Å². The molecule has 0 radical (unpaired) electrons. The Kier molecular flexibility index (Phi) is 4.12. The van der Waals surface area contributed by atoms with E-state index in [1.165, 1.54) is 7.11 Å². The van der Waals surface area contributed by atoms with Gasteiger partial charge in [-0.3, -0.25) is 5.32 Å². The number of esters is 1. The molecule has 0 bridgehead atoms. The number of aryl methyl sites for hydroxylation is 1. The molecule has 6 nitrogen and oxygen atoms in total. The van der Waals surface area contributed by atoms with Gasteiger partial charge in [-0.1, -0.05) is 18.2 Å². The van der Waals surface area contributed by atoms with Crippen LogP contribution in [0.1, 0.15) is 31.3 Å². The third-order valence-electron chi connectivity index (χ3n) is 3.11. The SMILES string of the molecule is COC(=O)c1c(NC(=O)OC(C)(C)C)c2ccccc2n1C. The summed E-state index contributed by atoms with van der Waals surface area (Å²) in [5.41, 5.74) is 0.850. The quantitative estimate of drug-likeness (QED) is 0.864. The number of nitrogens with one attached hydrogen (secondary N) is 1. The molecule has 0 aliphatic rings. The van der Waals surface area contributed by atoms with Crippen molar-refractivity contribution in [2.24, 2.45) is 7.05 Å². The minimum atomic E-state index is -0.625. The maximum atomic E-state index is 12.1. The molecule has 22 heavy (non-hydrogen) atoms. The van der Waals surface area contributed by atoms with Gasteiger partial charge in [0, 0.05) is 12.4 Å². The van der Waals surface area contributed by atoms with E-state index in [-0.39, 0.29) is 5.69 Å². The molecule has 2 rings (SSSR count). The second kappa shape index (κ2) is 5.71. The molecule has 0 aliphatic carbocycles. The lowest BCUT2D eigenvalue weighted by atomic mass is 10.2. The lowest BCUT2D eigenvalue weighted by Gasteiger charge is -2.19. The first kappa shape index (κ1) is 15.9. The van der Waals surface area contributed by atoms with Crippen molar-refractivity contribution < 1.29 is 19.1 Å². The predicted molar refractivity (Wildman–Crippen MR) is 84.1 cm³/mol. The molecule has 0 fully saturated rings. The van der Waals surface area contributed by atoms with Gasteiger partial charge >= 0.3 is 12.1 Å². The number of amides is 1. The standard InChI is InChI=1S/C16H20N2O4/c1-16(2,3)22-15(20)17-12-10-8-6-7-9-11(10)18(4)13(12)14(19)21-5/h6-9H,1-5H3,(H,17,20). The monoisotopic (exact) mass is 304 g/mol. The van der Waals surface area contributed by atoms with E-state index >= 15 is 0 Å². The van der Waals surface area contributed by atoms with Crippen LogP contribution in [0.3, 0.4) is 0 Å². The molecule has 2 aromatic rings. The molecule has 1 aromatic carbocycles. The largest absolute Gasteiger partial charge is 0.464 e. The molecule has 1 aromatic heterocycles. The highest BCUT2D eigenvalue weighted by Gasteiger charge is 2.25. The number of aromatic nitrogens is 1. The highest BCUT2D eigenvalue weighted by molar-refractivity contribution is 6.10. The van der Waals surface area contributed by atoms with Gasteiger partial charge in [-0.05, 0) is 26.8 Å². The summed E-state index contributed by atoms with van der Waals surface area (Å²) in [5, 5.41) is 3.41. The van der Waals surface area contributed by atoms with E-state index in [0.29, 0.717) is 5.69 Å². The summed E-state index contributed by atoms with van der Waals surface area (Å²) >= 11 is 0. The van der Waals surface area contributed by atoms with Crippen LogP contribution < -0.4 is 5.32 Å². The smallest absolute Gasteiger partial charge is 0.412 e. The summed E-state index contributed by atoms with van der Waals surface area (Å²) in [4.78, 5) is 24.1. The Balaban J connectivity index is 2.51. The Morgan fingerprint density at radius 1 is 1.18 bits per heavy atom. The average Bonchev–Trinajstić information content (AvgIpc) is 2.70. The van der Waals surface area contributed by atoms with Gasteiger partial charge in [0.15, 0.2) is 5.69 Å². The Morgan fingerprint density at radius 3 is 2.41 bits per heavy atom. The van der Waals surface area contributed by atoms with E-state index in [9.17, 15) is 9.59 Å². The number of hydrogen-bond donors (Lipinski definition) is 1. The maximum absolute atomic E-state index is 12.1. The molecular formula is C16H20N2O4. The fraction of sp³-hybridized carbons (Fsp3) is 0.375. The van der Waals surface area contributed by atoms with E-state index in [0.717, 1.165) is 10.9 Å². The number of benzene rings is 1. The first-order chi connectivity index (χ1) is 10.2. The van der Waals surface area contributed by atoms with E-state index < -0.39 is 17.7 Å². The van der Waals surface area contributed by atoms with Crippen LogP contribution in [0.5, 0.6) is 0 Å².